The van der Waals surface area contributed by atoms with E-state index in [9.17, 15) is 25.6 Å². The predicted molar refractivity (Wildman–Crippen MR) is 197 cm³/mol. The molecule has 7 rings (SSSR count). The van der Waals surface area contributed by atoms with Gasteiger partial charge >= 0.3 is 0 Å². The molecule has 0 spiro atoms. The molecule has 0 amide bonds. The van der Waals surface area contributed by atoms with E-state index in [2.05, 4.69) is 10.5 Å². The van der Waals surface area contributed by atoms with Gasteiger partial charge in [-0.1, -0.05) is 33.7 Å². The SMILES string of the molecule is CC(C)(O)[C@@H]1Cc2c(c3c4oc5c(c(=O)c4c2OC2CCCC2)[C@H](c2ccc(NO)cc2)CC[C@@]5(O)C[C@@](CO)(N=C(N)N)CSS[C@H]3CO)O1. The smallest absolute Gasteiger partial charge is 0.200 e. The van der Waals surface area contributed by atoms with Crippen molar-refractivity contribution in [1.29, 1.82) is 0 Å². The second-order valence-corrected chi connectivity index (χ2v) is 17.5. The van der Waals surface area contributed by atoms with Gasteiger partial charge in [-0.15, -0.1) is 0 Å². The number of aliphatic hydroxyl groups is 4. The van der Waals surface area contributed by atoms with Crippen molar-refractivity contribution in [3.63, 3.8) is 0 Å². The maximum Gasteiger partial charge on any atom is 0.200 e. The second kappa shape index (κ2) is 13.7. The molecular weight excluding hydrogens is 697 g/mol. The van der Waals surface area contributed by atoms with E-state index in [1.54, 1.807) is 26.0 Å². The molecule has 2 bridgehead atoms. The Morgan fingerprint density at radius 2 is 1.86 bits per heavy atom. The molecule has 5 atom stereocenters. The van der Waals surface area contributed by atoms with Gasteiger partial charge in [-0.05, 0) is 70.1 Å². The molecule has 1 aromatic heterocycles. The zero-order valence-corrected chi connectivity index (χ0v) is 30.3. The molecule has 3 aromatic rings. The number of hydrogen-bond acceptors (Lipinski definition) is 13. The monoisotopic (exact) mass is 742 g/mol. The average molecular weight is 743 g/mol. The Balaban J connectivity index is 1.58. The van der Waals surface area contributed by atoms with E-state index < -0.39 is 40.6 Å². The number of anilines is 1. The van der Waals surface area contributed by atoms with Gasteiger partial charge in [0.05, 0.1) is 41.4 Å². The quantitative estimate of drug-likeness (QED) is 0.0709. The number of fused-ring (bicyclic) bond motifs is 2. The Kier molecular flexibility index (Phi) is 9.70. The van der Waals surface area contributed by atoms with Crippen LogP contribution in [0, 0.1) is 0 Å². The Bertz CT molecular complexity index is 1890. The van der Waals surface area contributed by atoms with Crippen molar-refractivity contribution in [3.05, 3.63) is 62.5 Å². The summed E-state index contributed by atoms with van der Waals surface area (Å²) in [5.41, 5.74) is 11.8. The summed E-state index contributed by atoms with van der Waals surface area (Å²) in [5, 5.41) is 54.7. The predicted octanol–water partition coefficient (Wildman–Crippen LogP) is 3.93. The highest BCUT2D eigenvalue weighted by Crippen LogP contribution is 2.57. The molecule has 0 radical (unpaired) electrons. The molecule has 3 heterocycles. The van der Waals surface area contributed by atoms with E-state index >= 15 is 4.79 Å². The van der Waals surface area contributed by atoms with Crippen LogP contribution in [-0.2, 0) is 12.0 Å². The summed E-state index contributed by atoms with van der Waals surface area (Å²) in [6.07, 6.45) is 3.39. The third-order valence-corrected chi connectivity index (χ3v) is 13.6. The van der Waals surface area contributed by atoms with Gasteiger partial charge < -0.3 is 45.8 Å². The molecule has 0 saturated heterocycles. The van der Waals surface area contributed by atoms with Crippen LogP contribution in [0.5, 0.6) is 11.5 Å². The van der Waals surface area contributed by atoms with Crippen molar-refractivity contribution < 1.29 is 39.5 Å². The normalized spacial score (nSPS) is 27.9. The first-order chi connectivity index (χ1) is 24.3. The molecule has 1 fully saturated rings. The van der Waals surface area contributed by atoms with Crippen molar-refractivity contribution in [2.75, 3.05) is 24.4 Å². The number of nitrogens with one attached hydrogen (secondary N) is 1. The lowest BCUT2D eigenvalue weighted by molar-refractivity contribution is -0.0360. The molecular formula is C36H46N4O9S2. The van der Waals surface area contributed by atoms with Crippen molar-refractivity contribution >= 4 is 44.2 Å². The van der Waals surface area contributed by atoms with Crippen LogP contribution in [0.15, 0.2) is 38.5 Å². The van der Waals surface area contributed by atoms with Crippen LogP contribution in [-0.4, -0.2) is 73.9 Å². The number of rotatable bonds is 8. The molecule has 4 aliphatic rings. The zero-order chi connectivity index (χ0) is 36.3. The second-order valence-electron chi connectivity index (χ2n) is 14.9. The Morgan fingerprint density at radius 1 is 1.14 bits per heavy atom. The fourth-order valence-electron chi connectivity index (χ4n) is 8.21. The number of guanidine groups is 1. The van der Waals surface area contributed by atoms with Crippen LogP contribution in [0.4, 0.5) is 5.69 Å². The highest BCUT2D eigenvalue weighted by atomic mass is 33.1. The van der Waals surface area contributed by atoms with Crippen molar-refractivity contribution in [1.82, 2.24) is 0 Å². The van der Waals surface area contributed by atoms with Crippen molar-refractivity contribution in [2.45, 2.75) is 105 Å². The number of hydrogen-bond donors (Lipinski definition) is 8. The highest BCUT2D eigenvalue weighted by Gasteiger charge is 2.51. The standard InChI is InChI=1S/C36H46N4O9S2/c1-34(2,44)24-13-22-29(48-24)26-23(14-41)51-50-17-35(16-42,39-33(37)38)15-36(45)12-11-21(18-7-9-19(40-46)10-8-18)25-28(43)27(31(26)49-32(25)36)30(22)47-20-5-3-4-6-20/h7-10,20-21,23-24,40-42,44-46H,3-6,11-17H2,1-2H3,(H4,37,38,39)/t21-,23-,24-,35-,36+/m0/s1. The van der Waals surface area contributed by atoms with Gasteiger partial charge in [0, 0.05) is 35.6 Å². The fraction of sp³-hybridized carbons (Fsp3) is 0.556. The summed E-state index contributed by atoms with van der Waals surface area (Å²) in [6, 6.07) is 7.02. The molecule has 2 aromatic carbocycles. The number of nitrogens with zero attached hydrogens (tertiary/aromatic N) is 1. The molecule has 2 aliphatic carbocycles. The first-order valence-corrected chi connectivity index (χ1v) is 19.8. The van der Waals surface area contributed by atoms with Crippen LogP contribution in [0.1, 0.15) is 98.0 Å². The largest absolute Gasteiger partial charge is 0.489 e. The Hall–Kier alpha value is -3.18. The van der Waals surface area contributed by atoms with E-state index in [0.29, 0.717) is 34.7 Å². The van der Waals surface area contributed by atoms with Crippen LogP contribution in [0.25, 0.3) is 11.0 Å². The van der Waals surface area contributed by atoms with Crippen molar-refractivity contribution in [2.24, 2.45) is 16.5 Å². The van der Waals surface area contributed by atoms with Gasteiger partial charge in [-0.2, -0.15) is 0 Å². The van der Waals surface area contributed by atoms with Gasteiger partial charge in [0.1, 0.15) is 45.5 Å². The number of aliphatic imine (C=N–C) groups is 1. The lowest BCUT2D eigenvalue weighted by Crippen LogP contribution is -2.47. The van der Waals surface area contributed by atoms with Crippen LogP contribution >= 0.6 is 21.6 Å². The summed E-state index contributed by atoms with van der Waals surface area (Å²) < 4.78 is 20.2. The van der Waals surface area contributed by atoms with E-state index in [1.807, 2.05) is 12.1 Å². The minimum absolute atomic E-state index is 0.0304. The first kappa shape index (κ1) is 36.2. The lowest BCUT2D eigenvalue weighted by atomic mass is 9.70. The molecule has 276 valence electrons. The summed E-state index contributed by atoms with van der Waals surface area (Å²) in [7, 11) is 2.62. The minimum atomic E-state index is -1.79. The molecule has 13 nitrogen and oxygen atoms in total. The molecule has 1 saturated carbocycles. The zero-order valence-electron chi connectivity index (χ0n) is 28.7. The number of ether oxygens (including phenoxy) is 2. The van der Waals surface area contributed by atoms with E-state index in [0.717, 1.165) is 31.2 Å². The van der Waals surface area contributed by atoms with Gasteiger partial charge in [-0.3, -0.25) is 15.5 Å². The maximum atomic E-state index is 15.4. The first-order valence-electron chi connectivity index (χ1n) is 17.4. The topological polar surface area (TPSA) is 226 Å². The molecule has 0 unspecified atom stereocenters. The number of benzene rings is 2. The van der Waals surface area contributed by atoms with Crippen LogP contribution < -0.4 is 31.8 Å². The van der Waals surface area contributed by atoms with Gasteiger partial charge in [0.15, 0.2) is 5.96 Å². The van der Waals surface area contributed by atoms with E-state index in [4.69, 9.17) is 25.4 Å². The third-order valence-electron chi connectivity index (χ3n) is 10.8. The van der Waals surface area contributed by atoms with E-state index in [-0.39, 0.29) is 71.4 Å². The number of nitrogens with two attached hydrogens (primary N) is 2. The van der Waals surface area contributed by atoms with Crippen molar-refractivity contribution in [3.8, 4) is 11.5 Å². The average Bonchev–Trinajstić information content (AvgIpc) is 3.78. The lowest BCUT2D eigenvalue weighted by Gasteiger charge is -2.41. The molecule has 51 heavy (non-hydrogen) atoms. The van der Waals surface area contributed by atoms with Crippen LogP contribution in [0.3, 0.4) is 0 Å². The fourth-order valence-corrected chi connectivity index (χ4v) is 11.1. The Morgan fingerprint density at radius 3 is 2.49 bits per heavy atom. The molecule has 2 aliphatic heterocycles. The van der Waals surface area contributed by atoms with Gasteiger partial charge in [0.2, 0.25) is 5.43 Å². The summed E-state index contributed by atoms with van der Waals surface area (Å²) in [6.45, 7) is 2.45. The molecule has 15 heteroatoms. The third kappa shape index (κ3) is 6.44. The summed E-state index contributed by atoms with van der Waals surface area (Å²) in [4.78, 5) is 19.9. The van der Waals surface area contributed by atoms with Crippen LogP contribution in [0.2, 0.25) is 0 Å². The summed E-state index contributed by atoms with van der Waals surface area (Å²) in [5.74, 6) is 0.137. The maximum absolute atomic E-state index is 15.4. The molecule has 10 N–H and O–H groups in total. The van der Waals surface area contributed by atoms with Gasteiger partial charge in [0.25, 0.3) is 0 Å². The van der Waals surface area contributed by atoms with Gasteiger partial charge in [-0.25, -0.2) is 4.99 Å². The highest BCUT2D eigenvalue weighted by molar-refractivity contribution is 8.76. The summed E-state index contributed by atoms with van der Waals surface area (Å²) >= 11 is 0. The Labute approximate surface area is 303 Å². The minimum Gasteiger partial charge on any atom is -0.489 e. The van der Waals surface area contributed by atoms with E-state index in [1.165, 1.54) is 21.6 Å². The number of aliphatic hydroxyl groups excluding tert-OH is 2.